The zero-order chi connectivity index (χ0) is 17.2. The third-order valence-corrected chi connectivity index (χ3v) is 5.58. The van der Waals surface area contributed by atoms with Crippen LogP contribution >= 0.6 is 11.8 Å². The van der Waals surface area contributed by atoms with E-state index >= 15 is 0 Å². The Kier molecular flexibility index (Phi) is 5.36. The van der Waals surface area contributed by atoms with Crippen molar-refractivity contribution in [3.8, 4) is 0 Å². The zero-order valence-corrected chi connectivity index (χ0v) is 14.4. The van der Waals surface area contributed by atoms with Crippen LogP contribution in [-0.2, 0) is 19.1 Å². The second kappa shape index (κ2) is 6.92. The molecule has 1 fully saturated rings. The molecule has 2 rings (SSSR count). The van der Waals surface area contributed by atoms with Crippen molar-refractivity contribution in [2.45, 2.75) is 44.8 Å². The lowest BCUT2D eigenvalue weighted by molar-refractivity contribution is -0.197. The van der Waals surface area contributed by atoms with Crippen LogP contribution in [0.2, 0.25) is 0 Å². The molecule has 2 atom stereocenters. The average molecular weight is 342 g/mol. The molecule has 0 aromatic rings. The molecule has 8 heteroatoms. The first-order chi connectivity index (χ1) is 10.9. The van der Waals surface area contributed by atoms with E-state index in [0.29, 0.717) is 36.5 Å². The summed E-state index contributed by atoms with van der Waals surface area (Å²) >= 11 is 1.38. The third-order valence-electron chi connectivity index (χ3n) is 4.42. The monoisotopic (exact) mass is 342 g/mol. The Balaban J connectivity index is 2.16. The highest BCUT2D eigenvalue weighted by Crippen LogP contribution is 2.48. The molecule has 0 radical (unpaired) electrons. The van der Waals surface area contributed by atoms with Crippen LogP contribution in [0.4, 0.5) is 0 Å². The number of fused-ring (bicyclic) bond motifs is 1. The van der Waals surface area contributed by atoms with Gasteiger partial charge >= 0.3 is 5.97 Å². The Morgan fingerprint density at radius 3 is 2.74 bits per heavy atom. The van der Waals surface area contributed by atoms with Crippen LogP contribution in [0.25, 0.3) is 0 Å². The van der Waals surface area contributed by atoms with Crippen molar-refractivity contribution in [2.75, 3.05) is 19.4 Å². The summed E-state index contributed by atoms with van der Waals surface area (Å²) in [5, 5.41) is 12.2. The molecule has 0 aromatic carbocycles. The minimum absolute atomic E-state index is 0.0696. The molecule has 2 heterocycles. The van der Waals surface area contributed by atoms with Crippen LogP contribution in [0.15, 0.2) is 10.6 Å². The minimum Gasteiger partial charge on any atom is -0.477 e. The van der Waals surface area contributed by atoms with Crippen molar-refractivity contribution >= 4 is 29.5 Å². The molecule has 2 N–H and O–H groups in total. The molecule has 128 valence electrons. The lowest BCUT2D eigenvalue weighted by Crippen LogP contribution is -2.75. The summed E-state index contributed by atoms with van der Waals surface area (Å²) in [5.74, 6) is -0.912. The number of carboxylic acids is 1. The van der Waals surface area contributed by atoms with E-state index in [0.717, 1.165) is 0 Å². The van der Waals surface area contributed by atoms with Gasteiger partial charge in [-0.3, -0.25) is 14.5 Å². The number of carbonyl (C=O) groups is 3. The first-order valence-electron chi connectivity index (χ1n) is 7.61. The second-order valence-electron chi connectivity index (χ2n) is 5.59. The highest BCUT2D eigenvalue weighted by atomic mass is 32.2. The van der Waals surface area contributed by atoms with E-state index in [1.807, 2.05) is 6.92 Å². The Labute approximate surface area is 139 Å². The van der Waals surface area contributed by atoms with Crippen LogP contribution < -0.4 is 5.32 Å². The number of rotatable bonds is 7. The van der Waals surface area contributed by atoms with E-state index in [1.54, 1.807) is 0 Å². The van der Waals surface area contributed by atoms with E-state index in [9.17, 15) is 19.5 Å². The van der Waals surface area contributed by atoms with Gasteiger partial charge < -0.3 is 15.2 Å². The molecule has 0 spiro atoms. The van der Waals surface area contributed by atoms with Crippen molar-refractivity contribution in [2.24, 2.45) is 0 Å². The summed E-state index contributed by atoms with van der Waals surface area (Å²) in [6.45, 7) is 3.77. The number of amides is 2. The third kappa shape index (κ3) is 2.97. The maximum absolute atomic E-state index is 12.5. The van der Waals surface area contributed by atoms with E-state index in [-0.39, 0.29) is 23.6 Å². The summed E-state index contributed by atoms with van der Waals surface area (Å²) < 4.78 is 5.43. The molecular weight excluding hydrogens is 320 g/mol. The number of thioether (sulfide) groups is 1. The molecule has 0 saturated carbocycles. The highest BCUT2D eigenvalue weighted by molar-refractivity contribution is 8.03. The second-order valence-corrected chi connectivity index (χ2v) is 6.77. The zero-order valence-electron chi connectivity index (χ0n) is 13.5. The molecule has 0 aromatic heterocycles. The topological polar surface area (TPSA) is 95.9 Å². The maximum atomic E-state index is 12.5. The SMILES string of the molecule is CC[C@@]1(OC)C(=O)N2C(C(=O)O)=C(SCCNC(C)=O)CC[C@@H]21. The molecular formula is C15H22N2O5S. The smallest absolute Gasteiger partial charge is 0.353 e. The largest absolute Gasteiger partial charge is 0.477 e. The van der Waals surface area contributed by atoms with Gasteiger partial charge in [-0.2, -0.15) is 0 Å². The number of nitrogens with one attached hydrogen (secondary N) is 1. The van der Waals surface area contributed by atoms with Gasteiger partial charge in [0.1, 0.15) is 5.70 Å². The molecule has 23 heavy (non-hydrogen) atoms. The predicted octanol–water partition coefficient (Wildman–Crippen LogP) is 0.952. The van der Waals surface area contributed by atoms with Crippen LogP contribution in [0.3, 0.4) is 0 Å². The summed E-state index contributed by atoms with van der Waals surface area (Å²) in [6.07, 6.45) is 1.82. The molecule has 2 aliphatic heterocycles. The predicted molar refractivity (Wildman–Crippen MR) is 85.7 cm³/mol. The molecule has 2 aliphatic rings. The fraction of sp³-hybridized carbons (Fsp3) is 0.667. The van der Waals surface area contributed by atoms with Crippen molar-refractivity contribution in [3.05, 3.63) is 10.6 Å². The van der Waals surface area contributed by atoms with Gasteiger partial charge in [0.15, 0.2) is 5.60 Å². The number of carboxylic acid groups (broad SMARTS) is 1. The first kappa shape index (κ1) is 17.8. The van der Waals surface area contributed by atoms with Gasteiger partial charge in [-0.1, -0.05) is 6.92 Å². The van der Waals surface area contributed by atoms with E-state index < -0.39 is 11.6 Å². The normalized spacial score (nSPS) is 26.7. The van der Waals surface area contributed by atoms with E-state index in [2.05, 4.69) is 5.32 Å². The number of allylic oxidation sites excluding steroid dienone is 1. The summed E-state index contributed by atoms with van der Waals surface area (Å²) in [6, 6.07) is -0.212. The Morgan fingerprint density at radius 1 is 1.52 bits per heavy atom. The highest BCUT2D eigenvalue weighted by Gasteiger charge is 2.63. The lowest BCUT2D eigenvalue weighted by atomic mass is 9.75. The van der Waals surface area contributed by atoms with Crippen molar-refractivity contribution < 1.29 is 24.2 Å². The van der Waals surface area contributed by atoms with Gasteiger partial charge in [0.05, 0.1) is 6.04 Å². The van der Waals surface area contributed by atoms with E-state index in [1.165, 1.54) is 30.7 Å². The number of hydrogen-bond acceptors (Lipinski definition) is 5. The number of β-lactam (4-membered cyclic amide) rings is 1. The maximum Gasteiger partial charge on any atom is 0.353 e. The number of nitrogens with zero attached hydrogens (tertiary/aromatic N) is 1. The summed E-state index contributed by atoms with van der Waals surface area (Å²) in [4.78, 5) is 37.1. The Hall–Kier alpha value is -1.54. The Bertz CT molecular complexity index is 556. The number of methoxy groups -OCH3 is 1. The molecule has 0 aliphatic carbocycles. The standard InChI is InChI=1S/C15H22N2O5S/c1-4-15(22-3)11-6-5-10(23-8-7-16-9(2)18)12(13(19)20)17(11)14(15)21/h11H,4-8H2,1-3H3,(H,16,18)(H,19,20)/t11-,15+/m1/s1. The number of carbonyl (C=O) groups excluding carboxylic acids is 2. The molecule has 0 unspecified atom stereocenters. The quantitative estimate of drug-likeness (QED) is 0.528. The van der Waals surface area contributed by atoms with Gasteiger partial charge in [-0.25, -0.2) is 4.79 Å². The summed E-state index contributed by atoms with van der Waals surface area (Å²) in [5.41, 5.74) is -0.812. The number of aliphatic carboxylic acids is 1. The van der Waals surface area contributed by atoms with Crippen LogP contribution in [-0.4, -0.2) is 58.8 Å². The molecule has 1 saturated heterocycles. The van der Waals surface area contributed by atoms with Gasteiger partial charge in [0, 0.05) is 31.2 Å². The number of hydrogen-bond donors (Lipinski definition) is 2. The molecule has 7 nitrogen and oxygen atoms in total. The van der Waals surface area contributed by atoms with Crippen molar-refractivity contribution in [3.63, 3.8) is 0 Å². The average Bonchev–Trinajstić information content (AvgIpc) is 2.51. The Morgan fingerprint density at radius 2 is 2.22 bits per heavy atom. The van der Waals surface area contributed by atoms with Crippen molar-refractivity contribution in [1.29, 1.82) is 0 Å². The fourth-order valence-corrected chi connectivity index (χ4v) is 4.32. The first-order valence-corrected chi connectivity index (χ1v) is 8.60. The van der Waals surface area contributed by atoms with Gasteiger partial charge in [-0.05, 0) is 19.3 Å². The fourth-order valence-electron chi connectivity index (χ4n) is 3.29. The number of ether oxygens (including phenoxy) is 1. The van der Waals surface area contributed by atoms with Crippen LogP contribution in [0.1, 0.15) is 33.1 Å². The molecule has 0 bridgehead atoms. The van der Waals surface area contributed by atoms with E-state index in [4.69, 9.17) is 4.74 Å². The molecule has 2 amide bonds. The van der Waals surface area contributed by atoms with Crippen molar-refractivity contribution in [1.82, 2.24) is 10.2 Å². The van der Waals surface area contributed by atoms with Crippen LogP contribution in [0, 0.1) is 0 Å². The van der Waals surface area contributed by atoms with Crippen LogP contribution in [0.5, 0.6) is 0 Å². The summed E-state index contributed by atoms with van der Waals surface area (Å²) in [7, 11) is 1.50. The van der Waals surface area contributed by atoms with Gasteiger partial charge in [0.25, 0.3) is 5.91 Å². The minimum atomic E-state index is -1.09. The van der Waals surface area contributed by atoms with Gasteiger partial charge in [-0.15, -0.1) is 11.8 Å². The van der Waals surface area contributed by atoms with Gasteiger partial charge in [0.2, 0.25) is 5.91 Å². The lowest BCUT2D eigenvalue weighted by Gasteiger charge is -2.56.